The third-order valence-electron chi connectivity index (χ3n) is 5.18. The van der Waals surface area contributed by atoms with E-state index in [1.54, 1.807) is 0 Å². The first kappa shape index (κ1) is 21.8. The number of likely N-dealkylation sites (tertiary alicyclic amines) is 2. The van der Waals surface area contributed by atoms with E-state index < -0.39 is 6.16 Å². The van der Waals surface area contributed by atoms with Crippen LogP contribution < -0.4 is 0 Å². The van der Waals surface area contributed by atoms with Gasteiger partial charge in [-0.1, -0.05) is 12.1 Å². The highest BCUT2D eigenvalue weighted by molar-refractivity contribution is 5.53. The molecule has 0 amide bonds. The van der Waals surface area contributed by atoms with Crippen molar-refractivity contribution in [3.05, 3.63) is 60.2 Å². The van der Waals surface area contributed by atoms with Crippen molar-refractivity contribution in [1.29, 1.82) is 0 Å². The third kappa shape index (κ3) is 6.90. The lowest BCUT2D eigenvalue weighted by Crippen LogP contribution is -2.17. The maximum atomic E-state index is 8.56. The molecule has 0 spiro atoms. The summed E-state index contributed by atoms with van der Waals surface area (Å²) < 4.78 is 0. The van der Waals surface area contributed by atoms with Crippen LogP contribution in [0.3, 0.4) is 0 Å². The highest BCUT2D eigenvalue weighted by atomic mass is 16.6. The van der Waals surface area contributed by atoms with Gasteiger partial charge in [0, 0.05) is 36.9 Å². The van der Waals surface area contributed by atoms with Crippen molar-refractivity contribution in [3.8, 4) is 0 Å². The van der Waals surface area contributed by atoms with Gasteiger partial charge in [0.1, 0.15) is 0 Å². The number of rotatable bonds is 2. The first-order valence-corrected chi connectivity index (χ1v) is 9.61. The second-order valence-electron chi connectivity index (χ2n) is 7.13. The van der Waals surface area contributed by atoms with E-state index in [2.05, 4.69) is 46.0 Å². The quantitative estimate of drug-likeness (QED) is 0.808. The molecule has 2 fully saturated rings. The normalized spacial score (nSPS) is 21.9. The van der Waals surface area contributed by atoms with Crippen LogP contribution in [0.5, 0.6) is 0 Å². The van der Waals surface area contributed by atoms with Crippen molar-refractivity contribution >= 4 is 6.16 Å². The highest BCUT2D eigenvalue weighted by Crippen LogP contribution is 2.30. The molecule has 7 nitrogen and oxygen atoms in total. The lowest BCUT2D eigenvalue weighted by molar-refractivity contribution is 0.137. The number of hydrogen-bond donors (Lipinski definition) is 2. The molecule has 2 atom stereocenters. The van der Waals surface area contributed by atoms with Gasteiger partial charge in [-0.05, 0) is 76.1 Å². The maximum Gasteiger partial charge on any atom is 0.503 e. The van der Waals surface area contributed by atoms with Gasteiger partial charge in [0.25, 0.3) is 0 Å². The Morgan fingerprint density at radius 1 is 0.893 bits per heavy atom. The molecule has 2 aromatic rings. The fourth-order valence-corrected chi connectivity index (χ4v) is 3.81. The molecule has 0 aromatic carbocycles. The van der Waals surface area contributed by atoms with Crippen molar-refractivity contribution in [2.24, 2.45) is 0 Å². The molecule has 2 aromatic heterocycles. The molecule has 0 aliphatic carbocycles. The average molecular weight is 386 g/mol. The predicted molar refractivity (Wildman–Crippen MR) is 108 cm³/mol. The summed E-state index contributed by atoms with van der Waals surface area (Å²) in [6.07, 6.45) is 11.0. The van der Waals surface area contributed by atoms with Gasteiger partial charge in [0.05, 0.1) is 0 Å². The number of nitrogens with zero attached hydrogens (tertiary/aromatic N) is 4. The van der Waals surface area contributed by atoms with Crippen molar-refractivity contribution < 1.29 is 15.0 Å². The lowest BCUT2D eigenvalue weighted by atomic mass is 10.1. The molecule has 4 heterocycles. The summed E-state index contributed by atoms with van der Waals surface area (Å²) in [5, 5.41) is 13.9. The summed E-state index contributed by atoms with van der Waals surface area (Å²) in [6, 6.07) is 9.58. The Bertz CT molecular complexity index is 640. The molecular weight excluding hydrogens is 356 g/mol. The largest absolute Gasteiger partial charge is 0.503 e. The van der Waals surface area contributed by atoms with Crippen LogP contribution in [0.15, 0.2) is 49.1 Å². The number of pyridine rings is 2. The Morgan fingerprint density at radius 3 is 1.54 bits per heavy atom. The maximum absolute atomic E-state index is 8.56. The number of carbonyl (C=O) groups is 1. The van der Waals surface area contributed by atoms with Crippen molar-refractivity contribution in [1.82, 2.24) is 19.8 Å². The molecule has 0 bridgehead atoms. The van der Waals surface area contributed by atoms with E-state index in [-0.39, 0.29) is 0 Å². The van der Waals surface area contributed by atoms with Crippen LogP contribution in [-0.4, -0.2) is 63.3 Å². The van der Waals surface area contributed by atoms with Gasteiger partial charge in [0.15, 0.2) is 0 Å². The molecular formula is C21H30N4O3. The highest BCUT2D eigenvalue weighted by Gasteiger charge is 2.22. The van der Waals surface area contributed by atoms with E-state index in [0.717, 1.165) is 0 Å². The zero-order valence-corrected chi connectivity index (χ0v) is 16.6. The second-order valence-corrected chi connectivity index (χ2v) is 7.13. The van der Waals surface area contributed by atoms with Crippen LogP contribution in [0, 0.1) is 0 Å². The number of aromatic nitrogens is 2. The Balaban J connectivity index is 0.000000169. The van der Waals surface area contributed by atoms with E-state index in [4.69, 9.17) is 15.0 Å². The number of hydrogen-bond acceptors (Lipinski definition) is 5. The van der Waals surface area contributed by atoms with Crippen molar-refractivity contribution in [3.63, 3.8) is 0 Å². The van der Waals surface area contributed by atoms with Crippen LogP contribution in [0.1, 0.15) is 48.9 Å². The van der Waals surface area contributed by atoms with Gasteiger partial charge in [-0.25, -0.2) is 4.79 Å². The Labute approximate surface area is 166 Å². The second kappa shape index (κ2) is 11.4. The molecule has 2 aliphatic heterocycles. The Hall–Kier alpha value is -2.51. The van der Waals surface area contributed by atoms with Gasteiger partial charge in [-0.3, -0.25) is 19.8 Å². The fraction of sp³-hybridized carbons (Fsp3) is 0.476. The summed E-state index contributed by atoms with van der Waals surface area (Å²) >= 11 is 0. The van der Waals surface area contributed by atoms with Gasteiger partial charge in [-0.15, -0.1) is 0 Å². The van der Waals surface area contributed by atoms with Gasteiger partial charge in [0.2, 0.25) is 0 Å². The average Bonchev–Trinajstić information content (AvgIpc) is 3.31. The minimum atomic E-state index is -1.83. The van der Waals surface area contributed by atoms with Crippen molar-refractivity contribution in [2.75, 3.05) is 27.2 Å². The molecule has 0 saturated carbocycles. The molecule has 0 radical (unpaired) electrons. The third-order valence-corrected chi connectivity index (χ3v) is 5.18. The molecule has 2 unspecified atom stereocenters. The number of carboxylic acid groups (broad SMARTS) is 2. The van der Waals surface area contributed by atoms with Crippen LogP contribution in [0.25, 0.3) is 0 Å². The van der Waals surface area contributed by atoms with E-state index in [9.17, 15) is 0 Å². The molecule has 28 heavy (non-hydrogen) atoms. The molecule has 4 rings (SSSR count). The zero-order valence-electron chi connectivity index (χ0n) is 16.6. The molecule has 152 valence electrons. The van der Waals surface area contributed by atoms with Crippen LogP contribution >= 0.6 is 0 Å². The monoisotopic (exact) mass is 386 g/mol. The van der Waals surface area contributed by atoms with Crippen LogP contribution in [0.4, 0.5) is 4.79 Å². The summed E-state index contributed by atoms with van der Waals surface area (Å²) in [5.74, 6) is 0. The summed E-state index contributed by atoms with van der Waals surface area (Å²) in [7, 11) is 4.37. The van der Waals surface area contributed by atoms with E-state index in [1.807, 2.05) is 36.9 Å². The van der Waals surface area contributed by atoms with E-state index in [1.165, 1.54) is 49.9 Å². The first-order valence-electron chi connectivity index (χ1n) is 9.61. The molecule has 2 aliphatic rings. The minimum Gasteiger partial charge on any atom is -0.450 e. The Kier molecular flexibility index (Phi) is 8.84. The predicted octanol–water partition coefficient (Wildman–Crippen LogP) is 3.92. The van der Waals surface area contributed by atoms with E-state index >= 15 is 0 Å². The van der Waals surface area contributed by atoms with Gasteiger partial charge < -0.3 is 10.2 Å². The standard InChI is InChI=1S/2C10H14N2.CH2O3/c2*1-12-7-3-5-10(12)9-4-2-6-11-8-9;2-1(3)4/h2*2,4,6,8,10H,3,5,7H2,1H3;(H2,2,3,4). The van der Waals surface area contributed by atoms with Gasteiger partial charge >= 0.3 is 6.16 Å². The van der Waals surface area contributed by atoms with E-state index in [0.29, 0.717) is 12.1 Å². The van der Waals surface area contributed by atoms with Gasteiger partial charge in [-0.2, -0.15) is 0 Å². The van der Waals surface area contributed by atoms with Crippen LogP contribution in [-0.2, 0) is 0 Å². The van der Waals surface area contributed by atoms with Crippen LogP contribution in [0.2, 0.25) is 0 Å². The zero-order chi connectivity index (χ0) is 20.4. The SMILES string of the molecule is CN1CCCC1c1cccnc1.CN1CCCC1c1cccnc1.O=C(O)O. The molecule has 7 heteroatoms. The minimum absolute atomic E-state index is 0.610. The smallest absolute Gasteiger partial charge is 0.450 e. The first-order chi connectivity index (χ1) is 13.5. The lowest BCUT2D eigenvalue weighted by Gasteiger charge is -2.18. The van der Waals surface area contributed by atoms with Crippen molar-refractivity contribution in [2.45, 2.75) is 37.8 Å². The Morgan fingerprint density at radius 2 is 1.29 bits per heavy atom. The molecule has 2 saturated heterocycles. The molecule has 2 N–H and O–H groups in total. The summed E-state index contributed by atoms with van der Waals surface area (Å²) in [5.41, 5.74) is 2.72. The summed E-state index contributed by atoms with van der Waals surface area (Å²) in [4.78, 5) is 21.6. The topological polar surface area (TPSA) is 89.8 Å². The summed E-state index contributed by atoms with van der Waals surface area (Å²) in [6.45, 7) is 2.44. The fourth-order valence-electron chi connectivity index (χ4n) is 3.81.